The minimum atomic E-state index is -0.841. The van der Waals surface area contributed by atoms with Gasteiger partial charge in [0, 0.05) is 68.0 Å². The highest BCUT2D eigenvalue weighted by atomic mass is 16.6. The molecule has 0 aliphatic carbocycles. The standard InChI is InChI=1S/C49H52N6O7/c1-54(47(60)25-29-55-27-23-38(24-28-55)62-49(61)52-42-13-6-5-12-39(42)35-8-3-2-4-9-35)37-11-7-10-36(31-37)51-46(59)30-34-16-14-33(15-17-34)22-26-50-32-44(57)40-18-20-43(56)48-41(40)19-21-45(58)53-48/h2-21,31,38,44,50,56-57H,22-30,32H2,1H3,(H,51,59)(H,52,61)(H,53,58)/t44-/m0/s1. The summed E-state index contributed by atoms with van der Waals surface area (Å²) in [6.07, 6.45) is 1.06. The van der Waals surface area contributed by atoms with Crippen LogP contribution in [0.15, 0.2) is 132 Å². The number of piperidine rings is 1. The number of para-hydroxylation sites is 1. The molecule has 2 heterocycles. The molecule has 6 aromatic rings. The number of phenols is 1. The molecule has 1 atom stereocenters. The zero-order valence-corrected chi connectivity index (χ0v) is 34.7. The first-order valence-electron chi connectivity index (χ1n) is 20.9. The minimum Gasteiger partial charge on any atom is -0.506 e. The summed E-state index contributed by atoms with van der Waals surface area (Å²) in [6.45, 7) is 2.92. The topological polar surface area (TPSA) is 176 Å². The Morgan fingerprint density at radius 2 is 1.60 bits per heavy atom. The quantitative estimate of drug-likeness (QED) is 0.0560. The van der Waals surface area contributed by atoms with Gasteiger partial charge in [-0.05, 0) is 84.5 Å². The summed E-state index contributed by atoms with van der Waals surface area (Å²) in [5.74, 6) is -0.268. The van der Waals surface area contributed by atoms with Gasteiger partial charge in [-0.3, -0.25) is 19.7 Å². The molecule has 1 fully saturated rings. The molecule has 1 aliphatic heterocycles. The second-order valence-electron chi connectivity index (χ2n) is 15.5. The van der Waals surface area contributed by atoms with Gasteiger partial charge in [-0.25, -0.2) is 4.79 Å². The lowest BCUT2D eigenvalue weighted by molar-refractivity contribution is -0.118. The van der Waals surface area contributed by atoms with E-state index in [1.165, 1.54) is 12.1 Å². The predicted molar refractivity (Wildman–Crippen MR) is 242 cm³/mol. The number of pyridine rings is 1. The lowest BCUT2D eigenvalue weighted by Crippen LogP contribution is -2.40. The zero-order chi connectivity index (χ0) is 43.4. The maximum atomic E-state index is 13.2. The molecule has 6 N–H and O–H groups in total. The number of aromatic hydroxyl groups is 1. The number of ether oxygens (including phenoxy) is 1. The molecule has 5 aromatic carbocycles. The number of aliphatic hydroxyl groups is 1. The Kier molecular flexibility index (Phi) is 14.4. The molecule has 0 saturated carbocycles. The van der Waals surface area contributed by atoms with Crippen LogP contribution in [0.5, 0.6) is 5.75 Å². The van der Waals surface area contributed by atoms with Crippen molar-refractivity contribution in [1.82, 2.24) is 15.2 Å². The number of hydrogen-bond acceptors (Lipinski definition) is 9. The number of carbonyl (C=O) groups is 3. The molecular weight excluding hydrogens is 785 g/mol. The molecule has 320 valence electrons. The molecule has 3 amide bonds. The highest BCUT2D eigenvalue weighted by Gasteiger charge is 2.24. The number of fused-ring (bicyclic) bond motifs is 1. The van der Waals surface area contributed by atoms with E-state index in [9.17, 15) is 29.4 Å². The Bertz CT molecular complexity index is 2540. The maximum Gasteiger partial charge on any atom is 0.411 e. The highest BCUT2D eigenvalue weighted by Crippen LogP contribution is 2.30. The number of likely N-dealkylation sites (tertiary alicyclic amines) is 1. The number of H-pyrrole nitrogens is 1. The molecular formula is C49H52N6O7. The lowest BCUT2D eigenvalue weighted by atomic mass is 10.0. The number of aromatic amines is 1. The molecule has 13 heteroatoms. The summed E-state index contributed by atoms with van der Waals surface area (Å²) in [4.78, 5) is 57.2. The van der Waals surface area contributed by atoms with Gasteiger partial charge in [0.2, 0.25) is 17.4 Å². The number of anilines is 3. The summed E-state index contributed by atoms with van der Waals surface area (Å²) >= 11 is 0. The fourth-order valence-corrected chi connectivity index (χ4v) is 7.71. The van der Waals surface area contributed by atoms with E-state index >= 15 is 0 Å². The molecule has 13 nitrogen and oxygen atoms in total. The van der Waals surface area contributed by atoms with Gasteiger partial charge >= 0.3 is 6.09 Å². The number of aromatic nitrogens is 1. The second-order valence-corrected chi connectivity index (χ2v) is 15.5. The fourth-order valence-electron chi connectivity index (χ4n) is 7.71. The van der Waals surface area contributed by atoms with Gasteiger partial charge in [-0.2, -0.15) is 0 Å². The van der Waals surface area contributed by atoms with Crippen LogP contribution in [0.4, 0.5) is 21.9 Å². The largest absolute Gasteiger partial charge is 0.506 e. The summed E-state index contributed by atoms with van der Waals surface area (Å²) < 4.78 is 5.78. The Hall–Kier alpha value is -6.80. The van der Waals surface area contributed by atoms with E-state index in [0.717, 1.165) is 35.3 Å². The number of nitrogens with zero attached hydrogens (tertiary/aromatic N) is 2. The first-order chi connectivity index (χ1) is 30.1. The molecule has 1 aromatic heterocycles. The first-order valence-corrected chi connectivity index (χ1v) is 20.9. The van der Waals surface area contributed by atoms with Crippen LogP contribution in [0.25, 0.3) is 22.0 Å². The molecule has 7 rings (SSSR count). The number of rotatable bonds is 16. The Balaban J connectivity index is 0.798. The van der Waals surface area contributed by atoms with Gasteiger partial charge in [0.1, 0.15) is 11.9 Å². The molecule has 0 unspecified atom stereocenters. The van der Waals surface area contributed by atoms with Gasteiger partial charge in [-0.1, -0.05) is 84.9 Å². The van der Waals surface area contributed by atoms with Crippen molar-refractivity contribution >= 4 is 45.9 Å². The number of carbonyl (C=O) groups excluding carboxylic acids is 3. The molecule has 62 heavy (non-hydrogen) atoms. The van der Waals surface area contributed by atoms with E-state index in [4.69, 9.17) is 4.74 Å². The number of hydrogen-bond donors (Lipinski definition) is 6. The third-order valence-electron chi connectivity index (χ3n) is 11.2. The Morgan fingerprint density at radius 3 is 2.39 bits per heavy atom. The van der Waals surface area contributed by atoms with Crippen LogP contribution in [0, 0.1) is 0 Å². The van der Waals surface area contributed by atoms with Crippen molar-refractivity contribution in [3.8, 4) is 16.9 Å². The van der Waals surface area contributed by atoms with Crippen LogP contribution in [0.2, 0.25) is 0 Å². The average molecular weight is 837 g/mol. The number of nitrogens with one attached hydrogen (secondary N) is 4. The smallest absolute Gasteiger partial charge is 0.411 e. The molecule has 0 spiro atoms. The average Bonchev–Trinajstić information content (AvgIpc) is 3.28. The van der Waals surface area contributed by atoms with Crippen molar-refractivity contribution in [2.45, 2.75) is 44.3 Å². The number of aliphatic hydroxyl groups excluding tert-OH is 1. The fraction of sp³-hybridized carbons (Fsp3) is 0.265. The molecule has 0 radical (unpaired) electrons. The van der Waals surface area contributed by atoms with Crippen molar-refractivity contribution < 1.29 is 29.3 Å². The van der Waals surface area contributed by atoms with E-state index in [0.29, 0.717) is 72.3 Å². The number of phenolic OH excluding ortho intramolecular Hbond substituents is 1. The highest BCUT2D eigenvalue weighted by molar-refractivity contribution is 5.96. The van der Waals surface area contributed by atoms with Crippen LogP contribution in [0.1, 0.15) is 42.1 Å². The Labute approximate surface area is 360 Å². The number of amides is 3. The Morgan fingerprint density at radius 1 is 0.855 bits per heavy atom. The number of benzene rings is 5. The van der Waals surface area contributed by atoms with E-state index in [1.54, 1.807) is 36.2 Å². The first kappa shape index (κ1) is 43.3. The van der Waals surface area contributed by atoms with Gasteiger partial charge in [0.25, 0.3) is 0 Å². The van der Waals surface area contributed by atoms with Crippen molar-refractivity contribution in [1.29, 1.82) is 0 Å². The van der Waals surface area contributed by atoms with Crippen molar-refractivity contribution in [3.05, 3.63) is 154 Å². The van der Waals surface area contributed by atoms with E-state index < -0.39 is 12.2 Å². The van der Waals surface area contributed by atoms with Gasteiger partial charge < -0.3 is 40.4 Å². The third kappa shape index (κ3) is 11.5. The molecule has 1 aliphatic rings. The van der Waals surface area contributed by atoms with Crippen molar-refractivity contribution in [3.63, 3.8) is 0 Å². The zero-order valence-electron chi connectivity index (χ0n) is 34.7. The molecule has 0 bridgehead atoms. The summed E-state index contributed by atoms with van der Waals surface area (Å²) in [5, 5.41) is 30.6. The second kappa shape index (κ2) is 20.6. The van der Waals surface area contributed by atoms with Crippen LogP contribution in [-0.4, -0.2) is 83.9 Å². The maximum absolute atomic E-state index is 13.2. The summed E-state index contributed by atoms with van der Waals surface area (Å²) in [5.41, 5.74) is 6.41. The van der Waals surface area contributed by atoms with Gasteiger partial charge in [0.15, 0.2) is 0 Å². The van der Waals surface area contributed by atoms with E-state index in [2.05, 4.69) is 25.8 Å². The normalized spacial score (nSPS) is 13.6. The van der Waals surface area contributed by atoms with Crippen LogP contribution < -0.4 is 26.4 Å². The molecule has 1 saturated heterocycles. The van der Waals surface area contributed by atoms with Crippen LogP contribution >= 0.6 is 0 Å². The monoisotopic (exact) mass is 836 g/mol. The van der Waals surface area contributed by atoms with E-state index in [1.807, 2.05) is 91.0 Å². The minimum absolute atomic E-state index is 0.0422. The SMILES string of the molecule is CN(C(=O)CCN1CCC(OC(=O)Nc2ccccc2-c2ccccc2)CC1)c1cccc(NC(=O)Cc2ccc(CCNC[C@H](O)c3ccc(O)c4[nH]c(=O)ccc34)cc2)c1. The van der Waals surface area contributed by atoms with Crippen molar-refractivity contribution in [2.24, 2.45) is 0 Å². The van der Waals surface area contributed by atoms with Gasteiger partial charge in [-0.15, -0.1) is 0 Å². The van der Waals surface area contributed by atoms with Gasteiger partial charge in [0.05, 0.1) is 23.7 Å². The predicted octanol–water partition coefficient (Wildman–Crippen LogP) is 7.01. The van der Waals surface area contributed by atoms with Crippen LogP contribution in [-0.2, 0) is 27.2 Å². The van der Waals surface area contributed by atoms with E-state index in [-0.39, 0.29) is 42.2 Å². The van der Waals surface area contributed by atoms with Crippen molar-refractivity contribution in [2.75, 3.05) is 55.3 Å². The summed E-state index contributed by atoms with van der Waals surface area (Å²) in [7, 11) is 1.73. The lowest BCUT2D eigenvalue weighted by Gasteiger charge is -2.31. The summed E-state index contributed by atoms with van der Waals surface area (Å²) in [6, 6.07) is 38.7. The third-order valence-corrected chi connectivity index (χ3v) is 11.2. The van der Waals surface area contributed by atoms with Crippen LogP contribution in [0.3, 0.4) is 0 Å².